The lowest BCUT2D eigenvalue weighted by Gasteiger charge is -2.25. The van der Waals surface area contributed by atoms with Gasteiger partial charge in [0, 0.05) is 49.4 Å². The molecule has 2 aromatic carbocycles. The minimum atomic E-state index is -4.12. The van der Waals surface area contributed by atoms with Gasteiger partial charge in [-0.1, -0.05) is 24.3 Å². The molecule has 9 nitrogen and oxygen atoms in total. The minimum absolute atomic E-state index is 0.0860. The van der Waals surface area contributed by atoms with Gasteiger partial charge in [0.25, 0.3) is 21.5 Å². The van der Waals surface area contributed by atoms with E-state index in [0.717, 1.165) is 36.2 Å². The zero-order valence-corrected chi connectivity index (χ0v) is 22.4. The molecule has 0 bridgehead atoms. The fourth-order valence-electron chi connectivity index (χ4n) is 4.67. The van der Waals surface area contributed by atoms with E-state index in [2.05, 4.69) is 33.4 Å². The molecule has 10 heteroatoms. The van der Waals surface area contributed by atoms with Gasteiger partial charge >= 0.3 is 0 Å². The van der Waals surface area contributed by atoms with E-state index in [0.29, 0.717) is 30.4 Å². The van der Waals surface area contributed by atoms with Gasteiger partial charge in [0.15, 0.2) is 0 Å². The number of nitrogens with zero attached hydrogens (tertiary/aromatic N) is 3. The highest BCUT2D eigenvalue weighted by atomic mass is 32.2. The van der Waals surface area contributed by atoms with Crippen molar-refractivity contribution < 1.29 is 13.2 Å². The lowest BCUT2D eigenvalue weighted by molar-refractivity contribution is 0.0759. The molecular formula is C27H33N5O4S. The highest BCUT2D eigenvalue weighted by Crippen LogP contribution is 2.25. The first kappa shape index (κ1) is 26.6. The zero-order chi connectivity index (χ0) is 26.7. The first-order valence-electron chi connectivity index (χ1n) is 12.4. The molecule has 0 unspecified atom stereocenters. The van der Waals surface area contributed by atoms with Crippen LogP contribution in [0.4, 0.5) is 5.95 Å². The summed E-state index contributed by atoms with van der Waals surface area (Å²) >= 11 is 0. The molecule has 0 atom stereocenters. The van der Waals surface area contributed by atoms with Gasteiger partial charge in [-0.2, -0.15) is 0 Å². The van der Waals surface area contributed by atoms with Crippen molar-refractivity contribution in [1.29, 1.82) is 0 Å². The van der Waals surface area contributed by atoms with E-state index < -0.39 is 15.6 Å². The molecule has 2 heterocycles. The number of hydrogen-bond acceptors (Lipinski definition) is 6. The van der Waals surface area contributed by atoms with Crippen LogP contribution in [0.3, 0.4) is 0 Å². The number of rotatable bonds is 6. The quantitative estimate of drug-likeness (QED) is 0.512. The van der Waals surface area contributed by atoms with Crippen LogP contribution in [-0.2, 0) is 10.0 Å². The number of amides is 1. The van der Waals surface area contributed by atoms with Crippen molar-refractivity contribution in [3.05, 3.63) is 75.6 Å². The van der Waals surface area contributed by atoms with Crippen LogP contribution in [0, 0.1) is 13.8 Å². The molecule has 1 amide bonds. The number of carbonyl (C=O) groups excluding carboxylic acids is 1. The molecule has 2 N–H and O–H groups in total. The molecule has 196 valence electrons. The minimum Gasteiger partial charge on any atom is -0.337 e. The van der Waals surface area contributed by atoms with E-state index in [9.17, 15) is 18.0 Å². The maximum atomic E-state index is 13.2. The van der Waals surface area contributed by atoms with Crippen molar-refractivity contribution in [2.45, 2.75) is 45.1 Å². The van der Waals surface area contributed by atoms with Crippen LogP contribution in [-0.4, -0.2) is 66.3 Å². The molecule has 1 saturated heterocycles. The van der Waals surface area contributed by atoms with Crippen molar-refractivity contribution in [3.63, 3.8) is 0 Å². The van der Waals surface area contributed by atoms with Gasteiger partial charge in [0.2, 0.25) is 5.95 Å². The van der Waals surface area contributed by atoms with Crippen LogP contribution in [0.15, 0.2) is 58.2 Å². The average molecular weight is 524 g/mol. The van der Waals surface area contributed by atoms with Crippen LogP contribution in [0.25, 0.3) is 11.3 Å². The summed E-state index contributed by atoms with van der Waals surface area (Å²) in [4.78, 5) is 36.4. The van der Waals surface area contributed by atoms with Gasteiger partial charge in [-0.3, -0.25) is 19.5 Å². The number of aromatic nitrogens is 2. The smallest absolute Gasteiger partial charge is 0.264 e. The van der Waals surface area contributed by atoms with Crippen molar-refractivity contribution >= 4 is 21.9 Å². The van der Waals surface area contributed by atoms with Crippen molar-refractivity contribution in [2.24, 2.45) is 0 Å². The van der Waals surface area contributed by atoms with Crippen LogP contribution in [0.1, 0.15) is 41.8 Å². The molecule has 1 fully saturated rings. The monoisotopic (exact) mass is 523 g/mol. The van der Waals surface area contributed by atoms with Crippen LogP contribution in [0.5, 0.6) is 0 Å². The summed E-state index contributed by atoms with van der Waals surface area (Å²) in [5.41, 5.74) is 2.80. The number of nitrogens with one attached hydrogen (secondary N) is 2. The summed E-state index contributed by atoms with van der Waals surface area (Å²) in [5.74, 6) is -0.394. The van der Waals surface area contributed by atoms with Crippen molar-refractivity contribution in [3.8, 4) is 11.3 Å². The highest BCUT2D eigenvalue weighted by Gasteiger charge is 2.24. The lowest BCUT2D eigenvalue weighted by Crippen LogP contribution is -2.37. The summed E-state index contributed by atoms with van der Waals surface area (Å²) in [6.07, 6.45) is 0.860. The van der Waals surface area contributed by atoms with Gasteiger partial charge in [-0.15, -0.1) is 0 Å². The second-order valence-corrected chi connectivity index (χ2v) is 11.3. The summed E-state index contributed by atoms with van der Waals surface area (Å²) < 4.78 is 28.8. The third kappa shape index (κ3) is 6.08. The van der Waals surface area contributed by atoms with E-state index in [1.807, 2.05) is 32.0 Å². The number of benzene rings is 2. The van der Waals surface area contributed by atoms with Crippen LogP contribution < -0.4 is 10.3 Å². The predicted octanol–water partition coefficient (Wildman–Crippen LogP) is 3.41. The summed E-state index contributed by atoms with van der Waals surface area (Å²) in [7, 11) is -4.12. The van der Waals surface area contributed by atoms with Crippen LogP contribution in [0.2, 0.25) is 0 Å². The number of hydrogen-bond donors (Lipinski definition) is 2. The van der Waals surface area contributed by atoms with Gasteiger partial charge < -0.3 is 4.90 Å². The average Bonchev–Trinajstić information content (AvgIpc) is 3.10. The number of aryl methyl sites for hydroxylation is 2. The largest absolute Gasteiger partial charge is 0.337 e. The Balaban J connectivity index is 1.58. The van der Waals surface area contributed by atoms with Crippen molar-refractivity contribution in [2.75, 3.05) is 30.9 Å². The second-order valence-electron chi connectivity index (χ2n) is 9.65. The standard InChI is InChI=1S/C27H33N5O4S/c1-18(2)31-12-7-13-32(15-14-31)26(34)21-10-6-11-22(16-21)37(35,36)30-27-28-23(17-24(33)29-27)25-19(3)8-5-9-20(25)4/h5-6,8-11,16-18H,7,12-15H2,1-4H3,(H2,28,29,30,33). The first-order valence-corrected chi connectivity index (χ1v) is 13.9. The maximum Gasteiger partial charge on any atom is 0.264 e. The van der Waals surface area contributed by atoms with E-state index in [-0.39, 0.29) is 16.8 Å². The normalized spacial score (nSPS) is 15.0. The second kappa shape index (κ2) is 10.9. The molecular weight excluding hydrogens is 490 g/mol. The topological polar surface area (TPSA) is 115 Å². The SMILES string of the molecule is Cc1cccc(C)c1-c1cc(=O)[nH]c(NS(=O)(=O)c2cccc(C(=O)N3CCCN(C(C)C)CC3)c2)n1. The molecule has 37 heavy (non-hydrogen) atoms. The Morgan fingerprint density at radius 2 is 1.70 bits per heavy atom. The van der Waals surface area contributed by atoms with Gasteiger partial charge in [0.05, 0.1) is 10.6 Å². The Morgan fingerprint density at radius 1 is 1.00 bits per heavy atom. The third-order valence-electron chi connectivity index (χ3n) is 6.65. The highest BCUT2D eigenvalue weighted by molar-refractivity contribution is 7.92. The summed E-state index contributed by atoms with van der Waals surface area (Å²) in [6, 6.07) is 13.4. The van der Waals surface area contributed by atoms with Crippen molar-refractivity contribution in [1.82, 2.24) is 19.8 Å². The Bertz CT molecular complexity index is 1450. The first-order chi connectivity index (χ1) is 17.5. The Kier molecular flexibility index (Phi) is 7.79. The van der Waals surface area contributed by atoms with E-state index >= 15 is 0 Å². The number of anilines is 1. The molecule has 1 aromatic heterocycles. The van der Waals surface area contributed by atoms with Gasteiger partial charge in [-0.25, -0.2) is 18.1 Å². The number of sulfonamides is 1. The molecule has 0 spiro atoms. The van der Waals surface area contributed by atoms with Crippen LogP contribution >= 0.6 is 0 Å². The summed E-state index contributed by atoms with van der Waals surface area (Å²) in [5, 5.41) is 0. The maximum absolute atomic E-state index is 13.2. The van der Waals surface area contributed by atoms with Gasteiger partial charge in [-0.05, 0) is 63.4 Å². The van der Waals surface area contributed by atoms with E-state index in [1.165, 1.54) is 18.2 Å². The van der Waals surface area contributed by atoms with E-state index in [1.54, 1.807) is 17.0 Å². The number of aromatic amines is 1. The predicted molar refractivity (Wildman–Crippen MR) is 144 cm³/mol. The Labute approximate surface area is 217 Å². The lowest BCUT2D eigenvalue weighted by atomic mass is 10.00. The number of H-pyrrole nitrogens is 1. The third-order valence-corrected chi connectivity index (χ3v) is 7.99. The Morgan fingerprint density at radius 3 is 2.41 bits per heavy atom. The fraction of sp³-hybridized carbons (Fsp3) is 0.370. The zero-order valence-electron chi connectivity index (χ0n) is 21.6. The Hall–Kier alpha value is -3.50. The molecule has 1 aliphatic heterocycles. The fourth-order valence-corrected chi connectivity index (χ4v) is 5.68. The molecule has 0 saturated carbocycles. The molecule has 1 aliphatic rings. The summed E-state index contributed by atoms with van der Waals surface area (Å²) in [6.45, 7) is 11.0. The molecule has 0 aliphatic carbocycles. The number of carbonyl (C=O) groups is 1. The molecule has 0 radical (unpaired) electrons. The van der Waals surface area contributed by atoms with E-state index in [4.69, 9.17) is 0 Å². The molecule has 3 aromatic rings. The molecule has 4 rings (SSSR count). The van der Waals surface area contributed by atoms with Gasteiger partial charge in [0.1, 0.15) is 0 Å².